The second-order valence-electron chi connectivity index (χ2n) is 17.6. The van der Waals surface area contributed by atoms with E-state index in [2.05, 4.69) is 15.8 Å². The van der Waals surface area contributed by atoms with E-state index < -0.39 is 58.0 Å². The first-order valence-corrected chi connectivity index (χ1v) is 24.6. The molecule has 0 radical (unpaired) electrons. The predicted molar refractivity (Wildman–Crippen MR) is 264 cm³/mol. The highest BCUT2D eigenvalue weighted by Gasteiger charge is 2.57. The standard InChI is InChI=1S/C53H48ClN5O7S2/c1-51(2,3)65-49(63)52(29-30-52)66-58-41(40-33-68-50(55-40)57-53(37-23-13-6-14-24-37,38-25-15-7-16-26-38)39-27-17-8-18-28-39)45(60)56-42-46(61)59-43(36(31-54)32-67-47(42)59)48(62)64-44(34-19-9-4-10-20-34)35-21-11-5-12-22-35/h4-28,33,42,44,47H,29-32H2,1-3H3,(H,55,57)(H,56,60)/b58-41-/t42?,47-/m0/s1. The van der Waals surface area contributed by atoms with Crippen LogP contribution in [-0.2, 0) is 39.0 Å². The van der Waals surface area contributed by atoms with Crippen molar-refractivity contribution in [2.75, 3.05) is 16.9 Å². The molecule has 2 N–H and O–H groups in total. The lowest BCUT2D eigenvalue weighted by Crippen LogP contribution is -2.71. The number of hydrogen-bond acceptors (Lipinski definition) is 12. The number of β-lactam (4-membered cyclic amide) rings is 1. The monoisotopic (exact) mass is 965 g/mol. The molecule has 3 aliphatic rings. The van der Waals surface area contributed by atoms with Crippen molar-refractivity contribution < 1.29 is 33.5 Å². The molecule has 15 heteroatoms. The third-order valence-electron chi connectivity index (χ3n) is 11.8. The molecule has 0 bridgehead atoms. The van der Waals surface area contributed by atoms with Gasteiger partial charge in [0.2, 0.25) is 5.60 Å². The van der Waals surface area contributed by atoms with Gasteiger partial charge in [-0.15, -0.1) is 34.7 Å². The fraction of sp³-hybridized carbons (Fsp3) is 0.245. The third kappa shape index (κ3) is 9.40. The molecule has 1 saturated carbocycles. The number of thiazole rings is 1. The zero-order chi connectivity index (χ0) is 47.5. The van der Waals surface area contributed by atoms with E-state index in [1.807, 2.05) is 152 Å². The van der Waals surface area contributed by atoms with Crippen molar-refractivity contribution >= 4 is 69.3 Å². The Hall–Kier alpha value is -6.74. The van der Waals surface area contributed by atoms with Crippen molar-refractivity contribution in [3.05, 3.63) is 202 Å². The van der Waals surface area contributed by atoms with Gasteiger partial charge in [-0.3, -0.25) is 14.5 Å². The Bertz CT molecular complexity index is 2720. The van der Waals surface area contributed by atoms with Gasteiger partial charge in [0.25, 0.3) is 11.8 Å². The maximum Gasteiger partial charge on any atom is 0.356 e. The number of nitrogens with zero attached hydrogens (tertiary/aromatic N) is 3. The number of oxime groups is 1. The normalized spacial score (nSPS) is 17.7. The molecule has 68 heavy (non-hydrogen) atoms. The van der Waals surface area contributed by atoms with Crippen molar-refractivity contribution in [3.8, 4) is 0 Å². The number of alkyl halides is 1. The molecule has 9 rings (SSSR count). The second-order valence-corrected chi connectivity index (χ2v) is 19.8. The Labute approximate surface area is 407 Å². The average molecular weight is 967 g/mol. The number of amides is 2. The second kappa shape index (κ2) is 19.5. The molecule has 6 aromatic rings. The minimum atomic E-state index is -1.39. The van der Waals surface area contributed by atoms with Gasteiger partial charge in [-0.1, -0.05) is 157 Å². The van der Waals surface area contributed by atoms with E-state index >= 15 is 0 Å². The number of thioether (sulfide) groups is 1. The van der Waals surface area contributed by atoms with Gasteiger partial charge in [0, 0.05) is 29.9 Å². The highest BCUT2D eigenvalue weighted by molar-refractivity contribution is 8.00. The Kier molecular flexibility index (Phi) is 13.3. The number of ether oxygens (including phenoxy) is 2. The molecular formula is C53H48ClN5O7S2. The van der Waals surface area contributed by atoms with Crippen LogP contribution in [0.4, 0.5) is 5.13 Å². The van der Waals surface area contributed by atoms with Crippen LogP contribution in [0.1, 0.15) is 73.2 Å². The summed E-state index contributed by atoms with van der Waals surface area (Å²) in [5.41, 5.74) is 1.69. The Morgan fingerprint density at radius 2 is 1.32 bits per heavy atom. The average Bonchev–Trinajstić information content (AvgIpc) is 4.03. The lowest BCUT2D eigenvalue weighted by molar-refractivity contribution is -0.172. The van der Waals surface area contributed by atoms with Gasteiger partial charge >= 0.3 is 11.9 Å². The molecule has 1 unspecified atom stereocenters. The first-order valence-electron chi connectivity index (χ1n) is 22.2. The van der Waals surface area contributed by atoms with Crippen LogP contribution in [0.25, 0.3) is 0 Å². The number of benzene rings is 5. The van der Waals surface area contributed by atoms with E-state index in [1.165, 1.54) is 28.0 Å². The maximum atomic E-state index is 14.7. The molecule has 2 atom stereocenters. The van der Waals surface area contributed by atoms with Crippen molar-refractivity contribution in [1.82, 2.24) is 15.2 Å². The molecule has 1 aromatic heterocycles. The van der Waals surface area contributed by atoms with Gasteiger partial charge < -0.3 is 24.9 Å². The highest BCUT2D eigenvalue weighted by Crippen LogP contribution is 2.45. The molecule has 3 heterocycles. The summed E-state index contributed by atoms with van der Waals surface area (Å²) in [5.74, 6) is -2.32. The number of rotatable bonds is 16. The minimum absolute atomic E-state index is 0.0138. The summed E-state index contributed by atoms with van der Waals surface area (Å²) in [6.45, 7) is 5.28. The zero-order valence-electron chi connectivity index (χ0n) is 37.5. The largest absolute Gasteiger partial charge is 0.457 e. The smallest absolute Gasteiger partial charge is 0.356 e. The number of halogens is 1. The van der Waals surface area contributed by atoms with E-state index in [0.717, 1.165) is 27.8 Å². The summed E-state index contributed by atoms with van der Waals surface area (Å²) in [6, 6.07) is 47.7. The van der Waals surface area contributed by atoms with Crippen LogP contribution in [-0.4, -0.2) is 73.6 Å². The van der Waals surface area contributed by atoms with Crippen LogP contribution >= 0.6 is 34.7 Å². The minimum Gasteiger partial charge on any atom is -0.457 e. The van der Waals surface area contributed by atoms with Gasteiger partial charge in [-0.05, 0) is 54.2 Å². The van der Waals surface area contributed by atoms with E-state index in [1.54, 1.807) is 26.2 Å². The summed E-state index contributed by atoms with van der Waals surface area (Å²) in [6.07, 6.45) is -0.106. The zero-order valence-corrected chi connectivity index (χ0v) is 39.9. The highest BCUT2D eigenvalue weighted by atomic mass is 35.5. The summed E-state index contributed by atoms with van der Waals surface area (Å²) >= 11 is 9.04. The molecule has 12 nitrogen and oxygen atoms in total. The van der Waals surface area contributed by atoms with Crippen LogP contribution in [0.5, 0.6) is 0 Å². The molecule has 2 amide bonds. The molecule has 1 aliphatic carbocycles. The number of esters is 2. The number of carbonyl (C=O) groups excluding carboxylic acids is 4. The van der Waals surface area contributed by atoms with Gasteiger partial charge in [0.1, 0.15) is 33.9 Å². The van der Waals surface area contributed by atoms with Crippen LogP contribution < -0.4 is 10.6 Å². The summed E-state index contributed by atoms with van der Waals surface area (Å²) < 4.78 is 11.9. The Morgan fingerprint density at radius 3 is 1.81 bits per heavy atom. The van der Waals surface area contributed by atoms with Crippen molar-refractivity contribution in [2.24, 2.45) is 5.16 Å². The summed E-state index contributed by atoms with van der Waals surface area (Å²) in [4.78, 5) is 68.8. The number of aromatic nitrogens is 1. The SMILES string of the molecule is CC(C)(C)OC(=O)C1(O/N=C(\C(=O)NC2C(=O)N3C(C(=O)OC(c4ccccc4)c4ccccc4)=C(CCl)CS[C@@H]23)c2csc(NC(c3ccccc3)(c3ccccc3)c3ccccc3)n2)CC1. The van der Waals surface area contributed by atoms with Crippen LogP contribution in [0, 0.1) is 0 Å². The van der Waals surface area contributed by atoms with E-state index in [4.69, 9.17) is 30.9 Å². The van der Waals surface area contributed by atoms with E-state index in [-0.39, 0.29) is 23.0 Å². The molecular weight excluding hydrogens is 918 g/mol. The fourth-order valence-electron chi connectivity index (χ4n) is 8.27. The molecule has 2 fully saturated rings. The molecule has 346 valence electrons. The molecule has 2 aliphatic heterocycles. The first kappa shape index (κ1) is 46.4. The number of nitrogens with one attached hydrogen (secondary N) is 2. The van der Waals surface area contributed by atoms with Crippen LogP contribution in [0.3, 0.4) is 0 Å². The van der Waals surface area contributed by atoms with Crippen LogP contribution in [0.2, 0.25) is 0 Å². The summed E-state index contributed by atoms with van der Waals surface area (Å²) in [7, 11) is 0. The van der Waals surface area contributed by atoms with Gasteiger partial charge in [0.05, 0.1) is 0 Å². The van der Waals surface area contributed by atoms with Gasteiger partial charge in [-0.25, -0.2) is 14.6 Å². The quantitative estimate of drug-likeness (QED) is 0.0240. The Morgan fingerprint density at radius 1 is 0.809 bits per heavy atom. The third-order valence-corrected chi connectivity index (χ3v) is 14.2. The van der Waals surface area contributed by atoms with E-state index in [0.29, 0.717) is 29.3 Å². The lowest BCUT2D eigenvalue weighted by atomic mass is 9.77. The lowest BCUT2D eigenvalue weighted by Gasteiger charge is -2.49. The fourth-order valence-corrected chi connectivity index (χ4v) is 10.7. The first-order chi connectivity index (χ1) is 32.9. The number of carbonyl (C=O) groups is 4. The number of anilines is 1. The topological polar surface area (TPSA) is 149 Å². The maximum absolute atomic E-state index is 14.7. The summed E-state index contributed by atoms with van der Waals surface area (Å²) in [5, 5.41) is 12.4. The van der Waals surface area contributed by atoms with Crippen molar-refractivity contribution in [1.29, 1.82) is 0 Å². The molecule has 5 aromatic carbocycles. The van der Waals surface area contributed by atoms with Gasteiger partial charge in [0.15, 0.2) is 16.9 Å². The van der Waals surface area contributed by atoms with Crippen molar-refractivity contribution in [3.63, 3.8) is 0 Å². The predicted octanol–water partition coefficient (Wildman–Crippen LogP) is 9.37. The Balaban J connectivity index is 1.02. The van der Waals surface area contributed by atoms with Crippen molar-refractivity contribution in [2.45, 2.75) is 67.9 Å². The molecule has 1 saturated heterocycles. The molecule has 0 spiro atoms. The number of fused-ring (bicyclic) bond motifs is 1. The number of hydrogen-bond donors (Lipinski definition) is 2. The van der Waals surface area contributed by atoms with E-state index in [9.17, 15) is 19.2 Å². The van der Waals surface area contributed by atoms with Crippen LogP contribution in [0.15, 0.2) is 173 Å². The van der Waals surface area contributed by atoms with Gasteiger partial charge in [-0.2, -0.15) is 0 Å².